The lowest BCUT2D eigenvalue weighted by Crippen LogP contribution is -2.24. The lowest BCUT2D eigenvalue weighted by Gasteiger charge is -2.17. The molecule has 0 aromatic carbocycles. The van der Waals surface area contributed by atoms with E-state index in [9.17, 15) is 4.79 Å². The summed E-state index contributed by atoms with van der Waals surface area (Å²) in [4.78, 5) is 10.6. The molecule has 0 spiro atoms. The maximum atomic E-state index is 10.6. The van der Waals surface area contributed by atoms with E-state index in [0.29, 0.717) is 11.5 Å². The molecule has 1 atom stereocenters. The third-order valence-electron chi connectivity index (χ3n) is 1.85. The van der Waals surface area contributed by atoms with Gasteiger partial charge in [0.15, 0.2) is 0 Å². The number of hydrogen-bond acceptors (Lipinski definition) is 2. The van der Waals surface area contributed by atoms with Gasteiger partial charge < -0.3 is 10.5 Å². The Morgan fingerprint density at radius 1 is 1.71 bits per heavy atom. The van der Waals surface area contributed by atoms with Gasteiger partial charge >= 0.3 is 6.09 Å². The molecule has 4 heteroatoms. The Morgan fingerprint density at radius 3 is 2.64 bits per heavy atom. The molecule has 0 radical (unpaired) electrons. The second-order valence-corrected chi connectivity index (χ2v) is 3.36. The van der Waals surface area contributed by atoms with E-state index in [1.807, 2.05) is 6.92 Å². The molecule has 0 aliphatic heterocycles. The van der Waals surface area contributed by atoms with Crippen LogP contribution in [0.25, 0.3) is 0 Å². The second kappa shape index (κ2) is 6.49. The van der Waals surface area contributed by atoms with Crippen LogP contribution in [0.3, 0.4) is 0 Å². The van der Waals surface area contributed by atoms with Crippen LogP contribution in [-0.4, -0.2) is 12.2 Å². The summed E-state index contributed by atoms with van der Waals surface area (Å²) in [6, 6.07) is 0. The number of allylic oxidation sites excluding steroid dienone is 2. The average molecular weight is 218 g/mol. The summed E-state index contributed by atoms with van der Waals surface area (Å²) in [7, 11) is 0. The molecule has 0 rings (SSSR count). The zero-order valence-electron chi connectivity index (χ0n) is 8.55. The third kappa shape index (κ3) is 4.33. The Balaban J connectivity index is 4.63. The highest BCUT2D eigenvalue weighted by atomic mass is 35.5. The van der Waals surface area contributed by atoms with E-state index >= 15 is 0 Å². The van der Waals surface area contributed by atoms with Gasteiger partial charge in [0, 0.05) is 5.03 Å². The summed E-state index contributed by atoms with van der Waals surface area (Å²) in [5.74, 6) is 0. The number of primary amides is 1. The quantitative estimate of drug-likeness (QED) is 0.720. The first kappa shape index (κ1) is 13.0. The monoisotopic (exact) mass is 217 g/mol. The molecule has 0 saturated heterocycles. The van der Waals surface area contributed by atoms with Gasteiger partial charge in [0.25, 0.3) is 0 Å². The number of ether oxygens (including phenoxy) is 1. The van der Waals surface area contributed by atoms with Crippen LogP contribution in [0.15, 0.2) is 23.3 Å². The molecule has 0 saturated carbocycles. The van der Waals surface area contributed by atoms with Crippen molar-refractivity contribution in [2.45, 2.75) is 32.8 Å². The van der Waals surface area contributed by atoms with Gasteiger partial charge in [-0.05, 0) is 18.9 Å². The van der Waals surface area contributed by atoms with Gasteiger partial charge in [0.05, 0.1) is 0 Å². The summed E-state index contributed by atoms with van der Waals surface area (Å²) < 4.78 is 4.92. The molecular formula is C10H16ClNO2. The van der Waals surface area contributed by atoms with Gasteiger partial charge in [-0.15, -0.1) is 0 Å². The van der Waals surface area contributed by atoms with Gasteiger partial charge in [-0.1, -0.05) is 37.6 Å². The minimum atomic E-state index is -0.781. The van der Waals surface area contributed by atoms with Crippen molar-refractivity contribution >= 4 is 17.7 Å². The smallest absolute Gasteiger partial charge is 0.405 e. The number of nitrogens with two attached hydrogens (primary N) is 1. The van der Waals surface area contributed by atoms with E-state index in [1.54, 1.807) is 6.92 Å². The Hall–Kier alpha value is -0.960. The predicted octanol–water partition coefficient (Wildman–Crippen LogP) is 2.95. The van der Waals surface area contributed by atoms with Crippen LogP contribution in [0.5, 0.6) is 0 Å². The molecule has 80 valence electrons. The molecule has 0 heterocycles. The molecule has 0 aliphatic carbocycles. The number of halogens is 1. The largest absolute Gasteiger partial charge is 0.442 e. The number of hydrogen-bond donors (Lipinski definition) is 1. The van der Waals surface area contributed by atoms with E-state index in [-0.39, 0.29) is 6.10 Å². The van der Waals surface area contributed by atoms with E-state index < -0.39 is 6.09 Å². The summed E-state index contributed by atoms with van der Waals surface area (Å²) in [6.45, 7) is 7.33. The molecule has 0 fully saturated rings. The zero-order valence-corrected chi connectivity index (χ0v) is 9.30. The highest BCUT2D eigenvalue weighted by Crippen LogP contribution is 2.19. The van der Waals surface area contributed by atoms with Crippen LogP contribution >= 0.6 is 11.6 Å². The van der Waals surface area contributed by atoms with Crippen LogP contribution in [0.2, 0.25) is 0 Å². The SMILES string of the molecule is C=CC(Cl)=C(C)C(CCC)OC(N)=O. The first-order valence-corrected chi connectivity index (χ1v) is 4.85. The minimum absolute atomic E-state index is 0.344. The first-order chi connectivity index (χ1) is 6.52. The van der Waals surface area contributed by atoms with Crippen molar-refractivity contribution in [2.75, 3.05) is 0 Å². The molecule has 14 heavy (non-hydrogen) atoms. The summed E-state index contributed by atoms with van der Waals surface area (Å²) >= 11 is 5.86. The van der Waals surface area contributed by atoms with Gasteiger partial charge in [-0.25, -0.2) is 4.79 Å². The molecule has 0 aromatic rings. The van der Waals surface area contributed by atoms with E-state index in [4.69, 9.17) is 22.1 Å². The lowest BCUT2D eigenvalue weighted by atomic mass is 10.1. The molecule has 0 bridgehead atoms. The molecule has 0 aromatic heterocycles. The van der Waals surface area contributed by atoms with Crippen LogP contribution in [0, 0.1) is 0 Å². The van der Waals surface area contributed by atoms with Gasteiger partial charge in [-0.2, -0.15) is 0 Å². The van der Waals surface area contributed by atoms with E-state index in [2.05, 4.69) is 6.58 Å². The predicted molar refractivity (Wildman–Crippen MR) is 58.1 cm³/mol. The van der Waals surface area contributed by atoms with Crippen LogP contribution in [0.4, 0.5) is 4.79 Å². The van der Waals surface area contributed by atoms with Crippen molar-refractivity contribution in [1.82, 2.24) is 0 Å². The number of rotatable bonds is 5. The van der Waals surface area contributed by atoms with Crippen molar-refractivity contribution < 1.29 is 9.53 Å². The standard InChI is InChI=1S/C10H16ClNO2/c1-4-6-9(14-10(12)13)7(3)8(11)5-2/h5,9H,2,4,6H2,1,3H3,(H2,12,13). The topological polar surface area (TPSA) is 52.3 Å². The molecule has 1 amide bonds. The second-order valence-electron chi connectivity index (χ2n) is 2.95. The summed E-state index contributed by atoms with van der Waals surface area (Å²) in [6.07, 6.45) is 1.98. The number of carbonyl (C=O) groups excluding carboxylic acids is 1. The number of carbonyl (C=O) groups is 1. The maximum Gasteiger partial charge on any atom is 0.405 e. The minimum Gasteiger partial charge on any atom is -0.442 e. The van der Waals surface area contributed by atoms with Crippen molar-refractivity contribution in [3.63, 3.8) is 0 Å². The fourth-order valence-corrected chi connectivity index (χ4v) is 1.20. The molecule has 3 nitrogen and oxygen atoms in total. The zero-order chi connectivity index (χ0) is 11.1. The molecule has 1 unspecified atom stereocenters. The molecular weight excluding hydrogens is 202 g/mol. The Bertz CT molecular complexity index is 249. The number of amides is 1. The van der Waals surface area contributed by atoms with Crippen molar-refractivity contribution in [2.24, 2.45) is 5.73 Å². The van der Waals surface area contributed by atoms with Crippen LogP contribution in [0.1, 0.15) is 26.7 Å². The average Bonchev–Trinajstić information content (AvgIpc) is 2.14. The highest BCUT2D eigenvalue weighted by molar-refractivity contribution is 6.31. The van der Waals surface area contributed by atoms with E-state index in [1.165, 1.54) is 6.08 Å². The van der Waals surface area contributed by atoms with Crippen LogP contribution in [-0.2, 0) is 4.74 Å². The Morgan fingerprint density at radius 2 is 2.29 bits per heavy atom. The highest BCUT2D eigenvalue weighted by Gasteiger charge is 2.15. The van der Waals surface area contributed by atoms with Crippen molar-refractivity contribution in [3.05, 3.63) is 23.3 Å². The third-order valence-corrected chi connectivity index (χ3v) is 2.30. The van der Waals surface area contributed by atoms with Crippen LogP contribution < -0.4 is 5.73 Å². The lowest BCUT2D eigenvalue weighted by molar-refractivity contribution is 0.119. The van der Waals surface area contributed by atoms with Gasteiger partial charge in [0.2, 0.25) is 0 Å². The molecule has 2 N–H and O–H groups in total. The van der Waals surface area contributed by atoms with Gasteiger partial charge in [0.1, 0.15) is 6.10 Å². The summed E-state index contributed by atoms with van der Waals surface area (Å²) in [5, 5.41) is 0.504. The Kier molecular flexibility index (Phi) is 6.04. The molecule has 0 aliphatic rings. The fourth-order valence-electron chi connectivity index (χ4n) is 1.08. The first-order valence-electron chi connectivity index (χ1n) is 4.47. The van der Waals surface area contributed by atoms with Gasteiger partial charge in [-0.3, -0.25) is 0 Å². The fraction of sp³-hybridized carbons (Fsp3) is 0.500. The van der Waals surface area contributed by atoms with Crippen molar-refractivity contribution in [3.8, 4) is 0 Å². The van der Waals surface area contributed by atoms with E-state index in [0.717, 1.165) is 12.0 Å². The van der Waals surface area contributed by atoms with Crippen molar-refractivity contribution in [1.29, 1.82) is 0 Å². The Labute approximate surface area is 89.6 Å². The maximum absolute atomic E-state index is 10.6. The summed E-state index contributed by atoms with van der Waals surface area (Å²) in [5.41, 5.74) is 5.73. The normalized spacial score (nSPS) is 14.2.